The first-order valence-corrected chi connectivity index (χ1v) is 6.01. The molecule has 2 rings (SSSR count). The highest BCUT2D eigenvalue weighted by Crippen LogP contribution is 2.09. The van der Waals surface area contributed by atoms with Crippen LogP contribution in [0.1, 0.15) is 12.6 Å². The second-order valence-corrected chi connectivity index (χ2v) is 4.39. The Bertz CT molecular complexity index is 463. The largest absolute Gasteiger partial charge is 0.332 e. The van der Waals surface area contributed by atoms with Crippen molar-refractivity contribution in [3.8, 4) is 0 Å². The van der Waals surface area contributed by atoms with E-state index in [-0.39, 0.29) is 31.4 Å². The van der Waals surface area contributed by atoms with Crippen LogP contribution in [0.3, 0.4) is 0 Å². The number of piperazine rings is 1. The van der Waals surface area contributed by atoms with Crippen LogP contribution in [0.15, 0.2) is 12.1 Å². The molecule has 96 valence electrons. The number of carbonyl (C=O) groups is 2. The molecule has 18 heavy (non-hydrogen) atoms. The molecule has 2 heterocycles. The van der Waals surface area contributed by atoms with Crippen molar-refractivity contribution in [1.29, 1.82) is 0 Å². The highest BCUT2D eigenvalue weighted by molar-refractivity contribution is 6.29. The number of likely N-dealkylation sites (N-methyl/N-ethyl adjacent to an activating group) is 1. The van der Waals surface area contributed by atoms with Crippen LogP contribution in [-0.2, 0) is 16.1 Å². The molecule has 0 aromatic carbocycles. The maximum atomic E-state index is 11.8. The maximum absolute atomic E-state index is 11.8. The highest BCUT2D eigenvalue weighted by Gasteiger charge is 2.28. The van der Waals surface area contributed by atoms with Crippen LogP contribution < -0.4 is 0 Å². The van der Waals surface area contributed by atoms with E-state index in [9.17, 15) is 9.59 Å². The van der Waals surface area contributed by atoms with Gasteiger partial charge < -0.3 is 9.80 Å². The minimum Gasteiger partial charge on any atom is -0.332 e. The molecule has 0 radical (unpaired) electrons. The Morgan fingerprint density at radius 1 is 1.17 bits per heavy atom. The van der Waals surface area contributed by atoms with E-state index in [0.29, 0.717) is 17.4 Å². The first-order chi connectivity index (χ1) is 8.60. The topological polar surface area (TPSA) is 66.4 Å². The van der Waals surface area contributed by atoms with Crippen LogP contribution in [0.4, 0.5) is 0 Å². The van der Waals surface area contributed by atoms with Gasteiger partial charge in [0.15, 0.2) is 5.15 Å². The predicted molar refractivity (Wildman–Crippen MR) is 64.7 cm³/mol. The van der Waals surface area contributed by atoms with Crippen molar-refractivity contribution in [2.24, 2.45) is 0 Å². The summed E-state index contributed by atoms with van der Waals surface area (Å²) in [6.45, 7) is 2.92. The lowest BCUT2D eigenvalue weighted by molar-refractivity contribution is -0.150. The molecule has 0 atom stereocenters. The second kappa shape index (κ2) is 5.30. The van der Waals surface area contributed by atoms with Gasteiger partial charge in [-0.25, -0.2) is 0 Å². The molecule has 6 nitrogen and oxygen atoms in total. The van der Waals surface area contributed by atoms with Gasteiger partial charge in [0.2, 0.25) is 11.8 Å². The zero-order valence-electron chi connectivity index (χ0n) is 9.97. The van der Waals surface area contributed by atoms with Crippen LogP contribution >= 0.6 is 11.6 Å². The molecule has 1 aliphatic heterocycles. The van der Waals surface area contributed by atoms with Gasteiger partial charge in [-0.2, -0.15) is 5.10 Å². The van der Waals surface area contributed by atoms with Crippen molar-refractivity contribution < 1.29 is 9.59 Å². The number of amides is 2. The van der Waals surface area contributed by atoms with Crippen molar-refractivity contribution in [1.82, 2.24) is 20.0 Å². The number of nitrogens with zero attached hydrogens (tertiary/aromatic N) is 4. The Balaban J connectivity index is 2.04. The van der Waals surface area contributed by atoms with Gasteiger partial charge in [-0.15, -0.1) is 5.10 Å². The second-order valence-electron chi connectivity index (χ2n) is 4.01. The lowest BCUT2D eigenvalue weighted by Crippen LogP contribution is -2.53. The van der Waals surface area contributed by atoms with Crippen molar-refractivity contribution in [3.63, 3.8) is 0 Å². The third kappa shape index (κ3) is 2.76. The predicted octanol–water partition coefficient (Wildman–Crippen LogP) is 0.321. The smallest absolute Gasteiger partial charge is 0.243 e. The number of hydrogen-bond donors (Lipinski definition) is 0. The van der Waals surface area contributed by atoms with E-state index in [2.05, 4.69) is 10.2 Å². The Morgan fingerprint density at radius 3 is 2.44 bits per heavy atom. The average molecular weight is 269 g/mol. The van der Waals surface area contributed by atoms with Crippen molar-refractivity contribution in [3.05, 3.63) is 23.0 Å². The standard InChI is InChI=1S/C11H13ClN4O2/c1-2-15-6-11(18)16(7-10(15)17)5-8-3-4-9(12)14-13-8/h3-4H,2,5-7H2,1H3. The van der Waals surface area contributed by atoms with Crippen molar-refractivity contribution in [2.45, 2.75) is 13.5 Å². The number of aromatic nitrogens is 2. The zero-order chi connectivity index (χ0) is 13.1. The van der Waals surface area contributed by atoms with Crippen LogP contribution in [0, 0.1) is 0 Å². The Labute approximate surface area is 110 Å². The molecule has 0 N–H and O–H groups in total. The molecule has 0 aliphatic carbocycles. The van der Waals surface area contributed by atoms with Gasteiger partial charge in [0.25, 0.3) is 0 Å². The van der Waals surface area contributed by atoms with Crippen LogP contribution in [0.5, 0.6) is 0 Å². The molecule has 0 spiro atoms. The maximum Gasteiger partial charge on any atom is 0.243 e. The fraction of sp³-hybridized carbons (Fsp3) is 0.455. The average Bonchev–Trinajstić information content (AvgIpc) is 2.36. The Morgan fingerprint density at radius 2 is 1.83 bits per heavy atom. The molecule has 7 heteroatoms. The third-order valence-corrected chi connectivity index (χ3v) is 2.98. The number of halogens is 1. The minimum atomic E-state index is -0.0757. The first-order valence-electron chi connectivity index (χ1n) is 5.64. The summed E-state index contributed by atoms with van der Waals surface area (Å²) in [7, 11) is 0. The van der Waals surface area contributed by atoms with Gasteiger partial charge in [0, 0.05) is 6.54 Å². The highest BCUT2D eigenvalue weighted by atomic mass is 35.5. The molecule has 1 aliphatic rings. The molecular weight excluding hydrogens is 256 g/mol. The quantitative estimate of drug-likeness (QED) is 0.792. The van der Waals surface area contributed by atoms with E-state index in [1.165, 1.54) is 9.80 Å². The summed E-state index contributed by atoms with van der Waals surface area (Å²) in [5.41, 5.74) is 0.616. The van der Waals surface area contributed by atoms with Crippen molar-refractivity contribution >= 4 is 23.4 Å². The monoisotopic (exact) mass is 268 g/mol. The van der Waals surface area contributed by atoms with E-state index in [1.807, 2.05) is 6.92 Å². The van der Waals surface area contributed by atoms with E-state index < -0.39 is 0 Å². The molecule has 0 saturated carbocycles. The Hall–Kier alpha value is -1.69. The third-order valence-electron chi connectivity index (χ3n) is 2.78. The van der Waals surface area contributed by atoms with Gasteiger partial charge in [0.1, 0.15) is 6.54 Å². The van der Waals surface area contributed by atoms with E-state index >= 15 is 0 Å². The molecule has 0 unspecified atom stereocenters. The number of hydrogen-bond acceptors (Lipinski definition) is 4. The molecule has 1 aromatic heterocycles. The lowest BCUT2D eigenvalue weighted by Gasteiger charge is -2.32. The molecule has 1 fully saturated rings. The van der Waals surface area contributed by atoms with Gasteiger partial charge in [-0.3, -0.25) is 9.59 Å². The number of carbonyl (C=O) groups excluding carboxylic acids is 2. The number of rotatable bonds is 3. The minimum absolute atomic E-state index is 0.0426. The molecule has 1 aromatic rings. The van der Waals surface area contributed by atoms with Crippen molar-refractivity contribution in [2.75, 3.05) is 19.6 Å². The summed E-state index contributed by atoms with van der Waals surface area (Å²) in [6.07, 6.45) is 0. The van der Waals surface area contributed by atoms with Crippen LogP contribution in [0.25, 0.3) is 0 Å². The van der Waals surface area contributed by atoms with Gasteiger partial charge in [0.05, 0.1) is 18.8 Å². The summed E-state index contributed by atoms with van der Waals surface area (Å²) >= 11 is 5.63. The normalized spacial score (nSPS) is 16.3. The van der Waals surface area contributed by atoms with Gasteiger partial charge in [-0.05, 0) is 19.1 Å². The van der Waals surface area contributed by atoms with Crippen LogP contribution in [-0.4, -0.2) is 51.4 Å². The van der Waals surface area contributed by atoms with Crippen LogP contribution in [0.2, 0.25) is 5.15 Å². The summed E-state index contributed by atoms with van der Waals surface area (Å²) in [5, 5.41) is 7.87. The summed E-state index contributed by atoms with van der Waals surface area (Å²) in [6, 6.07) is 3.30. The first kappa shape index (κ1) is 12.8. The SMILES string of the molecule is CCN1CC(=O)N(Cc2ccc(Cl)nn2)CC1=O. The molecular formula is C11H13ClN4O2. The summed E-state index contributed by atoms with van der Waals surface area (Å²) in [4.78, 5) is 26.6. The van der Waals surface area contributed by atoms with E-state index in [0.717, 1.165) is 0 Å². The fourth-order valence-electron chi connectivity index (χ4n) is 1.76. The summed E-state index contributed by atoms with van der Waals surface area (Å²) in [5.74, 6) is -0.118. The molecule has 2 amide bonds. The zero-order valence-corrected chi connectivity index (χ0v) is 10.7. The lowest BCUT2D eigenvalue weighted by atomic mass is 10.2. The summed E-state index contributed by atoms with van der Waals surface area (Å²) < 4.78 is 0. The Kier molecular flexibility index (Phi) is 3.76. The van der Waals surface area contributed by atoms with E-state index in [1.54, 1.807) is 12.1 Å². The fourth-order valence-corrected chi connectivity index (χ4v) is 1.86. The van der Waals surface area contributed by atoms with E-state index in [4.69, 9.17) is 11.6 Å². The van der Waals surface area contributed by atoms with Gasteiger partial charge in [-0.1, -0.05) is 11.6 Å². The van der Waals surface area contributed by atoms with Gasteiger partial charge >= 0.3 is 0 Å². The molecule has 0 bridgehead atoms. The molecule has 1 saturated heterocycles.